The number of halogens is 1. The molecule has 0 radical (unpaired) electrons. The number of nitrogens with one attached hydrogen (secondary N) is 1. The maximum Gasteiger partial charge on any atom is 0.248 e. The van der Waals surface area contributed by atoms with Gasteiger partial charge in [-0.15, -0.1) is 0 Å². The molecule has 0 saturated carbocycles. The van der Waals surface area contributed by atoms with Crippen LogP contribution in [0, 0.1) is 0 Å². The summed E-state index contributed by atoms with van der Waals surface area (Å²) >= 11 is 5.80. The van der Waals surface area contributed by atoms with Gasteiger partial charge in [-0.2, -0.15) is 0 Å². The summed E-state index contributed by atoms with van der Waals surface area (Å²) in [5.41, 5.74) is 0.706. The van der Waals surface area contributed by atoms with E-state index in [-0.39, 0.29) is 18.6 Å². The molecule has 0 unspecified atom stereocenters. The van der Waals surface area contributed by atoms with Crippen molar-refractivity contribution in [3.05, 3.63) is 34.9 Å². The van der Waals surface area contributed by atoms with Gasteiger partial charge in [-0.05, 0) is 37.5 Å². The minimum Gasteiger partial charge on any atom is -0.387 e. The van der Waals surface area contributed by atoms with E-state index in [4.69, 9.17) is 21.1 Å². The molecule has 1 fully saturated rings. The Kier molecular flexibility index (Phi) is 6.64. The van der Waals surface area contributed by atoms with E-state index in [0.717, 1.165) is 19.4 Å². The molecule has 0 aromatic heterocycles. The Morgan fingerprint density at radius 2 is 2.23 bits per heavy atom. The van der Waals surface area contributed by atoms with Crippen molar-refractivity contribution in [1.82, 2.24) is 5.32 Å². The smallest absolute Gasteiger partial charge is 0.248 e. The Balaban J connectivity index is 1.70. The van der Waals surface area contributed by atoms with Crippen molar-refractivity contribution in [3.63, 3.8) is 0 Å². The third-order valence-corrected chi connectivity index (χ3v) is 3.90. The minimum atomic E-state index is -0.772. The number of aliphatic hydroxyl groups excluding tert-OH is 1. The first-order valence-electron chi connectivity index (χ1n) is 7.50. The van der Waals surface area contributed by atoms with Crippen LogP contribution in [-0.4, -0.2) is 43.0 Å². The van der Waals surface area contributed by atoms with E-state index in [1.165, 1.54) is 0 Å². The van der Waals surface area contributed by atoms with Crippen molar-refractivity contribution in [2.75, 3.05) is 19.8 Å². The Labute approximate surface area is 135 Å². The number of hydrogen-bond acceptors (Lipinski definition) is 4. The first-order chi connectivity index (χ1) is 10.6. The molecular weight excluding hydrogens is 306 g/mol. The maximum absolute atomic E-state index is 11.9. The van der Waals surface area contributed by atoms with Gasteiger partial charge in [-0.1, -0.05) is 23.7 Å². The Bertz CT molecular complexity index is 474. The van der Waals surface area contributed by atoms with Gasteiger partial charge in [-0.3, -0.25) is 4.79 Å². The van der Waals surface area contributed by atoms with Crippen molar-refractivity contribution >= 4 is 17.5 Å². The summed E-state index contributed by atoms with van der Waals surface area (Å²) < 4.78 is 10.9. The van der Waals surface area contributed by atoms with Crippen LogP contribution in [0.1, 0.15) is 31.4 Å². The molecule has 122 valence electrons. The molecule has 0 aliphatic carbocycles. The quantitative estimate of drug-likeness (QED) is 0.804. The summed E-state index contributed by atoms with van der Waals surface area (Å²) in [6, 6.07) is 6.87. The van der Waals surface area contributed by atoms with E-state index in [9.17, 15) is 9.90 Å². The van der Waals surface area contributed by atoms with Gasteiger partial charge in [-0.25, -0.2) is 0 Å². The van der Waals surface area contributed by atoms with Crippen LogP contribution in [0.3, 0.4) is 0 Å². The van der Waals surface area contributed by atoms with Gasteiger partial charge < -0.3 is 19.9 Å². The second-order valence-corrected chi connectivity index (χ2v) is 5.86. The molecular formula is C16H22ClNO4. The molecule has 0 spiro atoms. The maximum atomic E-state index is 11.9. The SMILES string of the molecule is C[C@H](OC[C@@H]1CCCO1)C(=O)NC[C@H](O)c1ccc(Cl)cc1. The van der Waals surface area contributed by atoms with Gasteiger partial charge in [0, 0.05) is 18.2 Å². The average Bonchev–Trinajstić information content (AvgIpc) is 3.04. The van der Waals surface area contributed by atoms with Crippen LogP contribution in [-0.2, 0) is 14.3 Å². The van der Waals surface area contributed by atoms with Crippen molar-refractivity contribution in [3.8, 4) is 0 Å². The number of aliphatic hydroxyl groups is 1. The van der Waals surface area contributed by atoms with Crippen molar-refractivity contribution in [1.29, 1.82) is 0 Å². The van der Waals surface area contributed by atoms with E-state index in [1.54, 1.807) is 31.2 Å². The van der Waals surface area contributed by atoms with Crippen LogP contribution in [0.15, 0.2) is 24.3 Å². The Hall–Kier alpha value is -1.14. The topological polar surface area (TPSA) is 67.8 Å². The highest BCUT2D eigenvalue weighted by atomic mass is 35.5. The predicted molar refractivity (Wildman–Crippen MR) is 83.8 cm³/mol. The number of amides is 1. The normalized spacial score (nSPS) is 20.6. The van der Waals surface area contributed by atoms with E-state index < -0.39 is 12.2 Å². The zero-order chi connectivity index (χ0) is 15.9. The van der Waals surface area contributed by atoms with Crippen LogP contribution in [0.4, 0.5) is 0 Å². The van der Waals surface area contributed by atoms with E-state index in [2.05, 4.69) is 5.32 Å². The first kappa shape index (κ1) is 17.2. The summed E-state index contributed by atoms with van der Waals surface area (Å²) in [5, 5.41) is 13.3. The largest absolute Gasteiger partial charge is 0.387 e. The molecule has 22 heavy (non-hydrogen) atoms. The third-order valence-electron chi connectivity index (χ3n) is 3.65. The Morgan fingerprint density at radius 1 is 1.50 bits per heavy atom. The van der Waals surface area contributed by atoms with Crippen molar-refractivity contribution < 1.29 is 19.4 Å². The standard InChI is InChI=1S/C16H22ClNO4/c1-11(22-10-14-3-2-8-21-14)16(20)18-9-15(19)12-4-6-13(17)7-5-12/h4-7,11,14-15,19H,2-3,8-10H2,1H3,(H,18,20)/t11-,14-,15-/m0/s1. The van der Waals surface area contributed by atoms with Crippen molar-refractivity contribution in [2.24, 2.45) is 0 Å². The number of rotatable bonds is 7. The van der Waals surface area contributed by atoms with E-state index in [1.807, 2.05) is 0 Å². The molecule has 2 rings (SSSR count). The fraction of sp³-hybridized carbons (Fsp3) is 0.562. The zero-order valence-electron chi connectivity index (χ0n) is 12.6. The zero-order valence-corrected chi connectivity index (χ0v) is 13.4. The molecule has 1 aromatic carbocycles. The van der Waals surface area contributed by atoms with Crippen molar-refractivity contribution in [2.45, 2.75) is 38.1 Å². The van der Waals surface area contributed by atoms with E-state index >= 15 is 0 Å². The molecule has 1 aromatic rings. The molecule has 3 atom stereocenters. The second kappa shape index (κ2) is 8.48. The molecule has 1 amide bonds. The minimum absolute atomic E-state index is 0.0925. The number of carbonyl (C=O) groups excluding carboxylic acids is 1. The van der Waals surface area contributed by atoms with Gasteiger partial charge >= 0.3 is 0 Å². The summed E-state index contributed by atoms with van der Waals surface area (Å²) in [4.78, 5) is 11.9. The fourth-order valence-electron chi connectivity index (χ4n) is 2.25. The second-order valence-electron chi connectivity index (χ2n) is 5.42. The predicted octanol–water partition coefficient (Wildman–Crippen LogP) is 2.07. The monoisotopic (exact) mass is 327 g/mol. The summed E-state index contributed by atoms with van der Waals surface area (Å²) in [6.45, 7) is 3.02. The lowest BCUT2D eigenvalue weighted by atomic mass is 10.1. The van der Waals surface area contributed by atoms with Gasteiger partial charge in [0.25, 0.3) is 0 Å². The third kappa shape index (κ3) is 5.25. The number of benzene rings is 1. The Morgan fingerprint density at radius 3 is 2.86 bits per heavy atom. The lowest BCUT2D eigenvalue weighted by Gasteiger charge is -2.17. The highest BCUT2D eigenvalue weighted by Crippen LogP contribution is 2.16. The lowest BCUT2D eigenvalue weighted by molar-refractivity contribution is -0.134. The fourth-order valence-corrected chi connectivity index (χ4v) is 2.37. The number of ether oxygens (including phenoxy) is 2. The molecule has 5 nitrogen and oxygen atoms in total. The summed E-state index contributed by atoms with van der Waals surface area (Å²) in [5.74, 6) is -0.244. The van der Waals surface area contributed by atoms with Crippen LogP contribution in [0.2, 0.25) is 5.02 Å². The molecule has 2 N–H and O–H groups in total. The molecule has 1 aliphatic heterocycles. The molecule has 6 heteroatoms. The van der Waals surface area contributed by atoms with Gasteiger partial charge in [0.1, 0.15) is 6.10 Å². The van der Waals surface area contributed by atoms with Crippen LogP contribution >= 0.6 is 11.6 Å². The van der Waals surface area contributed by atoms with Gasteiger partial charge in [0.2, 0.25) is 5.91 Å². The van der Waals surface area contributed by atoms with Crippen LogP contribution in [0.25, 0.3) is 0 Å². The average molecular weight is 328 g/mol. The molecule has 0 bridgehead atoms. The van der Waals surface area contributed by atoms with E-state index in [0.29, 0.717) is 17.2 Å². The number of carbonyl (C=O) groups is 1. The summed E-state index contributed by atoms with van der Waals surface area (Å²) in [6.07, 6.45) is 0.772. The summed E-state index contributed by atoms with van der Waals surface area (Å²) in [7, 11) is 0. The van der Waals surface area contributed by atoms with Crippen LogP contribution < -0.4 is 5.32 Å². The first-order valence-corrected chi connectivity index (χ1v) is 7.88. The van der Waals surface area contributed by atoms with Crippen LogP contribution in [0.5, 0.6) is 0 Å². The molecule has 1 heterocycles. The van der Waals surface area contributed by atoms with Gasteiger partial charge in [0.15, 0.2) is 0 Å². The highest BCUT2D eigenvalue weighted by Gasteiger charge is 2.20. The van der Waals surface area contributed by atoms with Gasteiger partial charge in [0.05, 0.1) is 18.8 Å². The molecule has 1 saturated heterocycles. The lowest BCUT2D eigenvalue weighted by Crippen LogP contribution is -2.38. The highest BCUT2D eigenvalue weighted by molar-refractivity contribution is 6.30. The number of hydrogen-bond donors (Lipinski definition) is 2. The molecule has 1 aliphatic rings.